The van der Waals surface area contributed by atoms with E-state index in [0.717, 1.165) is 19.4 Å². The summed E-state index contributed by atoms with van der Waals surface area (Å²) in [7, 11) is 2.20. The molecule has 0 spiro atoms. The first-order valence-electron chi connectivity index (χ1n) is 7.80. The second-order valence-electron chi connectivity index (χ2n) is 6.54. The Morgan fingerprint density at radius 3 is 2.95 bits per heavy atom. The molecule has 3 unspecified atom stereocenters. The lowest BCUT2D eigenvalue weighted by Crippen LogP contribution is -2.38. The molecule has 0 saturated heterocycles. The van der Waals surface area contributed by atoms with Crippen LogP contribution in [-0.4, -0.2) is 29.9 Å². The van der Waals surface area contributed by atoms with Gasteiger partial charge in [-0.2, -0.15) is 0 Å². The summed E-state index contributed by atoms with van der Waals surface area (Å²) in [6, 6.07) is 8.79. The van der Waals surface area contributed by atoms with E-state index in [0.29, 0.717) is 5.92 Å². The fourth-order valence-corrected chi connectivity index (χ4v) is 4.36. The van der Waals surface area contributed by atoms with E-state index in [1.54, 1.807) is 5.57 Å². The van der Waals surface area contributed by atoms with Gasteiger partial charge in [0.2, 0.25) is 0 Å². The maximum Gasteiger partial charge on any atom is 0.0496 e. The monoisotopic (exact) mass is 300 g/mol. The van der Waals surface area contributed by atoms with Crippen LogP contribution in [-0.2, 0) is 0 Å². The van der Waals surface area contributed by atoms with Crippen LogP contribution in [0.3, 0.4) is 0 Å². The molecule has 1 aromatic carbocycles. The zero-order valence-corrected chi connectivity index (χ0v) is 13.1. The number of likely N-dealkylation sites (N-methyl/N-ethyl adjacent to an activating group) is 1. The lowest BCUT2D eigenvalue weighted by atomic mass is 9.77. The molecule has 2 N–H and O–H groups in total. The number of fused-ring (bicyclic) bond motifs is 4. The van der Waals surface area contributed by atoms with Crippen LogP contribution in [0.2, 0.25) is 0 Å². The third kappa shape index (κ3) is 2.04. The van der Waals surface area contributed by atoms with E-state index >= 15 is 0 Å². The van der Waals surface area contributed by atoms with E-state index in [1.165, 1.54) is 28.8 Å². The minimum absolute atomic E-state index is 0.0860. The molecular formula is C18H21ClN2. The van der Waals surface area contributed by atoms with Crippen LogP contribution in [0, 0.1) is 5.92 Å². The number of nitrogens with zero attached hydrogens (tertiary/aromatic N) is 1. The second kappa shape index (κ2) is 4.89. The Balaban J connectivity index is 1.90. The molecular weight excluding hydrogens is 280 g/mol. The van der Waals surface area contributed by atoms with Gasteiger partial charge in [0.25, 0.3) is 0 Å². The number of hydrogen-bond acceptors (Lipinski definition) is 2. The van der Waals surface area contributed by atoms with Crippen molar-refractivity contribution >= 4 is 23.3 Å². The van der Waals surface area contributed by atoms with E-state index in [2.05, 4.69) is 42.3 Å². The molecule has 0 radical (unpaired) electrons. The molecule has 21 heavy (non-hydrogen) atoms. The minimum Gasteiger partial charge on any atom is -0.374 e. The molecule has 1 aliphatic heterocycles. The smallest absolute Gasteiger partial charge is 0.0496 e. The molecule has 4 rings (SSSR count). The molecule has 0 amide bonds. The fourth-order valence-electron chi connectivity index (χ4n) is 4.05. The topological polar surface area (TPSA) is 29.3 Å². The quantitative estimate of drug-likeness (QED) is 0.743. The zero-order chi connectivity index (χ0) is 14.6. The average molecular weight is 301 g/mol. The molecule has 2 nitrogen and oxygen atoms in total. The summed E-state index contributed by atoms with van der Waals surface area (Å²) in [5.74, 6) is 0.585. The zero-order valence-electron chi connectivity index (χ0n) is 12.3. The normalized spacial score (nSPS) is 31.3. The van der Waals surface area contributed by atoms with Gasteiger partial charge < -0.3 is 10.6 Å². The highest BCUT2D eigenvalue weighted by Gasteiger charge is 2.37. The standard InChI is InChI=1S/C18H21ClN2/c1-21-7-6-12-8-15(19)16(20)10-14(12)18-13-5-3-2-4-11(13)9-17(18)21/h2-5,9,12,15-16H,6-8,10,20H2,1H3. The highest BCUT2D eigenvalue weighted by molar-refractivity contribution is 6.21. The number of nitrogens with two attached hydrogens (primary N) is 1. The molecule has 3 atom stereocenters. The first-order valence-corrected chi connectivity index (χ1v) is 8.24. The van der Waals surface area contributed by atoms with Crippen molar-refractivity contribution in [1.82, 2.24) is 4.90 Å². The van der Waals surface area contributed by atoms with Crippen molar-refractivity contribution in [3.05, 3.63) is 46.7 Å². The lowest BCUT2D eigenvalue weighted by Gasteiger charge is -2.33. The molecule has 3 heteroatoms. The Morgan fingerprint density at radius 2 is 2.10 bits per heavy atom. The number of hydrogen-bond donors (Lipinski definition) is 1. The third-order valence-corrected chi connectivity index (χ3v) is 5.75. The fraction of sp³-hybridized carbons (Fsp3) is 0.444. The van der Waals surface area contributed by atoms with Gasteiger partial charge >= 0.3 is 0 Å². The molecule has 1 saturated carbocycles. The summed E-state index contributed by atoms with van der Waals surface area (Å²) in [5.41, 5.74) is 13.3. The van der Waals surface area contributed by atoms with Crippen LogP contribution in [0.15, 0.2) is 35.5 Å². The van der Waals surface area contributed by atoms with Gasteiger partial charge in [0.05, 0.1) is 0 Å². The van der Waals surface area contributed by atoms with Crippen molar-refractivity contribution < 1.29 is 0 Å². The summed E-state index contributed by atoms with van der Waals surface area (Å²) in [6.45, 7) is 1.09. The van der Waals surface area contributed by atoms with E-state index < -0.39 is 0 Å². The average Bonchev–Trinajstić information content (AvgIpc) is 2.81. The summed E-state index contributed by atoms with van der Waals surface area (Å²) in [4.78, 5) is 2.40. The van der Waals surface area contributed by atoms with E-state index in [9.17, 15) is 0 Å². The summed E-state index contributed by atoms with van der Waals surface area (Å²) in [5, 5.41) is 0.117. The number of rotatable bonds is 0. The Labute approximate surface area is 131 Å². The summed E-state index contributed by atoms with van der Waals surface area (Å²) >= 11 is 6.44. The first-order chi connectivity index (χ1) is 10.1. The molecule has 1 fully saturated rings. The van der Waals surface area contributed by atoms with E-state index in [1.807, 2.05) is 0 Å². The second-order valence-corrected chi connectivity index (χ2v) is 7.10. The predicted molar refractivity (Wildman–Crippen MR) is 88.9 cm³/mol. The highest BCUT2D eigenvalue weighted by atomic mass is 35.5. The van der Waals surface area contributed by atoms with Crippen molar-refractivity contribution in [3.8, 4) is 0 Å². The number of allylic oxidation sites excluding steroid dienone is 1. The summed E-state index contributed by atoms with van der Waals surface area (Å²) in [6.07, 6.45) is 5.47. The number of benzene rings is 1. The molecule has 110 valence electrons. The van der Waals surface area contributed by atoms with Gasteiger partial charge in [-0.3, -0.25) is 0 Å². The van der Waals surface area contributed by atoms with Gasteiger partial charge in [-0.25, -0.2) is 0 Å². The van der Waals surface area contributed by atoms with Crippen LogP contribution in [0.1, 0.15) is 30.4 Å². The SMILES string of the molecule is CN1CCC2CC(Cl)C(N)CC2=C2C1=Cc1ccccc12. The van der Waals surface area contributed by atoms with Crippen molar-refractivity contribution in [2.75, 3.05) is 13.6 Å². The molecule has 0 bridgehead atoms. The lowest BCUT2D eigenvalue weighted by molar-refractivity contribution is 0.357. The third-order valence-electron chi connectivity index (χ3n) is 5.25. The van der Waals surface area contributed by atoms with Crippen molar-refractivity contribution in [3.63, 3.8) is 0 Å². The minimum atomic E-state index is 0.0860. The number of halogens is 1. The molecule has 1 heterocycles. The largest absolute Gasteiger partial charge is 0.374 e. The van der Waals surface area contributed by atoms with Crippen molar-refractivity contribution in [2.24, 2.45) is 11.7 Å². The van der Waals surface area contributed by atoms with E-state index in [4.69, 9.17) is 17.3 Å². The van der Waals surface area contributed by atoms with Gasteiger partial charge in [-0.05, 0) is 42.4 Å². The van der Waals surface area contributed by atoms with Crippen molar-refractivity contribution in [1.29, 1.82) is 0 Å². The Bertz CT molecular complexity index is 646. The highest BCUT2D eigenvalue weighted by Crippen LogP contribution is 2.47. The van der Waals surface area contributed by atoms with Crippen LogP contribution in [0.5, 0.6) is 0 Å². The van der Waals surface area contributed by atoms with Gasteiger partial charge in [0.1, 0.15) is 0 Å². The first kappa shape index (κ1) is 13.4. The Kier molecular flexibility index (Phi) is 3.13. The summed E-state index contributed by atoms with van der Waals surface area (Å²) < 4.78 is 0. The van der Waals surface area contributed by atoms with Crippen LogP contribution < -0.4 is 5.73 Å². The van der Waals surface area contributed by atoms with Crippen molar-refractivity contribution in [2.45, 2.75) is 30.7 Å². The van der Waals surface area contributed by atoms with E-state index in [-0.39, 0.29) is 11.4 Å². The molecule has 3 aliphatic rings. The van der Waals surface area contributed by atoms with Gasteiger partial charge in [-0.1, -0.05) is 29.8 Å². The van der Waals surface area contributed by atoms with Gasteiger partial charge in [0, 0.05) is 36.3 Å². The Morgan fingerprint density at radius 1 is 1.29 bits per heavy atom. The number of alkyl halides is 1. The molecule has 0 aromatic heterocycles. The van der Waals surface area contributed by atoms with Gasteiger partial charge in [-0.15, -0.1) is 11.6 Å². The molecule has 2 aliphatic carbocycles. The predicted octanol–water partition coefficient (Wildman–Crippen LogP) is 3.47. The molecule has 1 aromatic rings. The maximum atomic E-state index is 6.44. The maximum absolute atomic E-state index is 6.44. The van der Waals surface area contributed by atoms with Gasteiger partial charge in [0.15, 0.2) is 0 Å². The Hall–Kier alpha value is -1.25. The van der Waals surface area contributed by atoms with Crippen LogP contribution in [0.25, 0.3) is 11.6 Å². The van der Waals surface area contributed by atoms with Crippen LogP contribution in [0.4, 0.5) is 0 Å². The van der Waals surface area contributed by atoms with Crippen LogP contribution >= 0.6 is 11.6 Å².